The van der Waals surface area contributed by atoms with Crippen LogP contribution in [0.4, 0.5) is 0 Å². The lowest BCUT2D eigenvalue weighted by Crippen LogP contribution is -2.23. The molecular formula is C20H22N2O3S. The summed E-state index contributed by atoms with van der Waals surface area (Å²) < 4.78 is 11.4. The van der Waals surface area contributed by atoms with Gasteiger partial charge in [-0.15, -0.1) is 11.3 Å². The number of benzene rings is 1. The maximum Gasteiger partial charge on any atom is 0.261 e. The average molecular weight is 370 g/mol. The largest absolute Gasteiger partial charge is 0.441 e. The van der Waals surface area contributed by atoms with Gasteiger partial charge in [-0.25, -0.2) is 4.98 Å². The summed E-state index contributed by atoms with van der Waals surface area (Å²) in [6.45, 7) is 3.45. The Kier molecular flexibility index (Phi) is 5.04. The summed E-state index contributed by atoms with van der Waals surface area (Å²) in [5, 5.41) is 2.98. The number of aryl methyl sites for hydroxylation is 2. The van der Waals surface area contributed by atoms with Crippen LogP contribution in [0.15, 0.2) is 34.7 Å². The van der Waals surface area contributed by atoms with Gasteiger partial charge in [0.1, 0.15) is 5.52 Å². The summed E-state index contributed by atoms with van der Waals surface area (Å²) in [6, 6.07) is 9.90. The van der Waals surface area contributed by atoms with Crippen molar-refractivity contribution < 1.29 is 13.9 Å². The molecule has 0 bridgehead atoms. The predicted molar refractivity (Wildman–Crippen MR) is 102 cm³/mol. The number of aromatic nitrogens is 1. The molecule has 1 aliphatic heterocycles. The van der Waals surface area contributed by atoms with E-state index in [0.29, 0.717) is 13.0 Å². The fraction of sp³-hybridized carbons (Fsp3) is 0.400. The minimum atomic E-state index is -0.0209. The van der Waals surface area contributed by atoms with Gasteiger partial charge in [-0.1, -0.05) is 6.07 Å². The van der Waals surface area contributed by atoms with E-state index in [1.54, 1.807) is 0 Å². The van der Waals surface area contributed by atoms with Crippen LogP contribution in [0, 0.1) is 6.92 Å². The van der Waals surface area contributed by atoms with E-state index < -0.39 is 0 Å². The van der Waals surface area contributed by atoms with Gasteiger partial charge in [-0.05, 0) is 56.0 Å². The minimum Gasteiger partial charge on any atom is -0.441 e. The molecular weight excluding hydrogens is 348 g/mol. The van der Waals surface area contributed by atoms with Gasteiger partial charge < -0.3 is 14.5 Å². The summed E-state index contributed by atoms with van der Waals surface area (Å²) in [4.78, 5) is 18.7. The molecule has 0 spiro atoms. The third kappa shape index (κ3) is 3.81. The van der Waals surface area contributed by atoms with E-state index in [2.05, 4.69) is 10.3 Å². The molecule has 4 rings (SSSR count). The molecule has 3 aromatic rings. The van der Waals surface area contributed by atoms with E-state index in [-0.39, 0.29) is 12.0 Å². The predicted octanol–water partition coefficient (Wildman–Crippen LogP) is 4.41. The van der Waals surface area contributed by atoms with Crippen molar-refractivity contribution in [3.05, 3.63) is 51.5 Å². The van der Waals surface area contributed by atoms with Crippen molar-refractivity contribution in [2.75, 3.05) is 13.2 Å². The maximum absolute atomic E-state index is 12.3. The maximum atomic E-state index is 12.3. The lowest BCUT2D eigenvalue weighted by Gasteiger charge is -2.05. The molecule has 136 valence electrons. The number of hydrogen-bond donors (Lipinski definition) is 1. The molecule has 0 radical (unpaired) electrons. The molecule has 1 aromatic carbocycles. The average Bonchev–Trinajstić information content (AvgIpc) is 3.37. The van der Waals surface area contributed by atoms with Crippen molar-refractivity contribution in [3.63, 3.8) is 0 Å². The molecule has 6 heteroatoms. The van der Waals surface area contributed by atoms with Crippen molar-refractivity contribution in [2.45, 2.75) is 38.7 Å². The fourth-order valence-electron chi connectivity index (χ4n) is 3.17. The zero-order chi connectivity index (χ0) is 17.9. The zero-order valence-corrected chi connectivity index (χ0v) is 15.6. The van der Waals surface area contributed by atoms with Crippen molar-refractivity contribution in [1.29, 1.82) is 0 Å². The lowest BCUT2D eigenvalue weighted by atomic mass is 10.2. The van der Waals surface area contributed by atoms with Crippen LogP contribution in [0.2, 0.25) is 0 Å². The molecule has 26 heavy (non-hydrogen) atoms. The highest BCUT2D eigenvalue weighted by Crippen LogP contribution is 2.33. The van der Waals surface area contributed by atoms with Crippen molar-refractivity contribution in [3.8, 4) is 0 Å². The standard InChI is InChI=1S/C20H22N2O3S/c1-13-6-7-14-16(12-13)25-19(22-14)5-2-10-21-20(23)18-9-8-17(26-18)15-4-3-11-24-15/h6-9,12,15H,2-5,10-11H2,1H3,(H,21,23)/t15-/m1/s1. The molecule has 1 N–H and O–H groups in total. The van der Waals surface area contributed by atoms with Crippen LogP contribution in [0.5, 0.6) is 0 Å². The first-order chi connectivity index (χ1) is 12.7. The smallest absolute Gasteiger partial charge is 0.261 e. The number of carbonyl (C=O) groups excluding carboxylic acids is 1. The monoisotopic (exact) mass is 370 g/mol. The SMILES string of the molecule is Cc1ccc2nc(CCCNC(=O)c3ccc([C@H]4CCCO4)s3)oc2c1. The van der Waals surface area contributed by atoms with Gasteiger partial charge in [0, 0.05) is 24.4 Å². The highest BCUT2D eigenvalue weighted by Gasteiger charge is 2.20. The third-order valence-corrected chi connectivity index (χ3v) is 5.71. The second kappa shape index (κ2) is 7.60. The number of fused-ring (bicyclic) bond motifs is 1. The topological polar surface area (TPSA) is 64.4 Å². The molecule has 1 aliphatic rings. The molecule has 3 heterocycles. The minimum absolute atomic E-state index is 0.0209. The van der Waals surface area contributed by atoms with Crippen LogP contribution in [0.1, 0.15) is 51.4 Å². The Balaban J connectivity index is 1.26. The highest BCUT2D eigenvalue weighted by molar-refractivity contribution is 7.14. The number of amides is 1. The molecule has 0 aliphatic carbocycles. The van der Waals surface area contributed by atoms with Gasteiger partial charge in [-0.3, -0.25) is 4.79 Å². The Hall–Kier alpha value is -2.18. The van der Waals surface area contributed by atoms with E-state index in [4.69, 9.17) is 9.15 Å². The number of hydrogen-bond acceptors (Lipinski definition) is 5. The highest BCUT2D eigenvalue weighted by atomic mass is 32.1. The summed E-state index contributed by atoms with van der Waals surface area (Å²) in [6.07, 6.45) is 3.82. The van der Waals surface area contributed by atoms with E-state index in [1.165, 1.54) is 11.3 Å². The van der Waals surface area contributed by atoms with Crippen LogP contribution < -0.4 is 5.32 Å². The first kappa shape index (κ1) is 17.2. The molecule has 5 nitrogen and oxygen atoms in total. The van der Waals surface area contributed by atoms with Gasteiger partial charge in [-0.2, -0.15) is 0 Å². The van der Waals surface area contributed by atoms with E-state index in [9.17, 15) is 4.79 Å². The first-order valence-corrected chi connectivity index (χ1v) is 9.86. The zero-order valence-electron chi connectivity index (χ0n) is 14.8. The number of oxazole rings is 1. The summed E-state index contributed by atoms with van der Waals surface area (Å²) in [7, 11) is 0. The summed E-state index contributed by atoms with van der Waals surface area (Å²) in [5.74, 6) is 0.698. The fourth-order valence-corrected chi connectivity index (χ4v) is 4.17. The van der Waals surface area contributed by atoms with Crippen molar-refractivity contribution in [1.82, 2.24) is 10.3 Å². The third-order valence-electron chi connectivity index (χ3n) is 4.54. The Bertz CT molecular complexity index is 909. The molecule has 1 atom stereocenters. The number of rotatable bonds is 6. The van der Waals surface area contributed by atoms with E-state index >= 15 is 0 Å². The second-order valence-electron chi connectivity index (χ2n) is 6.64. The van der Waals surface area contributed by atoms with Crippen LogP contribution in [0.25, 0.3) is 11.1 Å². The van der Waals surface area contributed by atoms with Gasteiger partial charge in [0.25, 0.3) is 5.91 Å². The molecule has 2 aromatic heterocycles. The lowest BCUT2D eigenvalue weighted by molar-refractivity contribution is 0.0957. The molecule has 1 amide bonds. The van der Waals surface area contributed by atoms with Crippen LogP contribution in [-0.2, 0) is 11.2 Å². The molecule has 1 saturated heterocycles. The summed E-state index contributed by atoms with van der Waals surface area (Å²) >= 11 is 1.53. The number of thiophene rings is 1. The number of carbonyl (C=O) groups is 1. The second-order valence-corrected chi connectivity index (χ2v) is 7.76. The Morgan fingerprint density at radius 2 is 2.27 bits per heavy atom. The van der Waals surface area contributed by atoms with Gasteiger partial charge >= 0.3 is 0 Å². The van der Waals surface area contributed by atoms with Crippen LogP contribution in [0.3, 0.4) is 0 Å². The Morgan fingerprint density at radius 3 is 3.12 bits per heavy atom. The number of nitrogens with zero attached hydrogens (tertiary/aromatic N) is 1. The van der Waals surface area contributed by atoms with Crippen LogP contribution >= 0.6 is 11.3 Å². The quantitative estimate of drug-likeness (QED) is 0.653. The first-order valence-electron chi connectivity index (χ1n) is 9.04. The molecule has 1 fully saturated rings. The van der Waals surface area contributed by atoms with Gasteiger partial charge in [0.05, 0.1) is 11.0 Å². The number of ether oxygens (including phenoxy) is 1. The van der Waals surface area contributed by atoms with E-state index in [0.717, 1.165) is 58.2 Å². The molecule has 0 saturated carbocycles. The normalized spacial score (nSPS) is 17.0. The summed E-state index contributed by atoms with van der Waals surface area (Å²) in [5.41, 5.74) is 2.87. The van der Waals surface area contributed by atoms with Gasteiger partial charge in [0.15, 0.2) is 11.5 Å². The van der Waals surface area contributed by atoms with Gasteiger partial charge in [0.2, 0.25) is 0 Å². The van der Waals surface area contributed by atoms with Crippen molar-refractivity contribution >= 4 is 28.3 Å². The number of nitrogens with one attached hydrogen (secondary N) is 1. The van der Waals surface area contributed by atoms with E-state index in [1.807, 2.05) is 37.3 Å². The molecule has 0 unspecified atom stereocenters. The Labute approximate surface area is 156 Å². The van der Waals surface area contributed by atoms with Crippen molar-refractivity contribution in [2.24, 2.45) is 0 Å². The van der Waals surface area contributed by atoms with Crippen LogP contribution in [-0.4, -0.2) is 24.0 Å². The Morgan fingerprint density at radius 1 is 1.35 bits per heavy atom.